The molecule has 3 rings (SSSR count). The molecule has 1 amide bonds. The van der Waals surface area contributed by atoms with E-state index in [1.165, 1.54) is 40.6 Å². The van der Waals surface area contributed by atoms with Gasteiger partial charge < -0.3 is 20.1 Å². The minimum atomic E-state index is -4.84. The third-order valence-corrected chi connectivity index (χ3v) is 4.45. The molecule has 1 aliphatic rings. The van der Waals surface area contributed by atoms with E-state index in [4.69, 9.17) is 0 Å². The molecule has 132 valence electrons. The lowest BCUT2D eigenvalue weighted by atomic mass is 10.1. The second kappa shape index (κ2) is 6.67. The molecule has 0 aliphatic carbocycles. The van der Waals surface area contributed by atoms with Crippen molar-refractivity contribution >= 4 is 17.2 Å². The van der Waals surface area contributed by atoms with Crippen molar-refractivity contribution in [3.8, 4) is 5.75 Å². The van der Waals surface area contributed by atoms with E-state index in [1.807, 2.05) is 5.38 Å². The Labute approximate surface area is 144 Å². The highest BCUT2D eigenvalue weighted by atomic mass is 32.1. The molecule has 2 aromatic rings. The first-order valence-electron chi connectivity index (χ1n) is 7.18. The number of aliphatic hydroxyl groups excluding tert-OH is 1. The molecule has 25 heavy (non-hydrogen) atoms. The van der Waals surface area contributed by atoms with Crippen LogP contribution in [0.3, 0.4) is 0 Å². The number of amides is 1. The number of nitrogens with one attached hydrogen (secondary N) is 1. The van der Waals surface area contributed by atoms with Crippen molar-refractivity contribution < 1.29 is 27.8 Å². The number of para-hydroxylation sites is 1. The van der Waals surface area contributed by atoms with Gasteiger partial charge in [-0.1, -0.05) is 24.3 Å². The Hall–Kier alpha value is -2.68. The van der Waals surface area contributed by atoms with Gasteiger partial charge >= 0.3 is 6.36 Å². The van der Waals surface area contributed by atoms with Gasteiger partial charge in [0.1, 0.15) is 11.9 Å². The summed E-state index contributed by atoms with van der Waals surface area (Å²) < 4.78 is 41.8. The minimum Gasteiger partial charge on any atom is -0.502 e. The molecular formula is C16H13F3N2O3S. The standard InChI is InChI=1S/C16H13F3N2O3S/c17-16(18,19)24-12-5-2-1-4-10(12)9-21-14(13-6-3-7-25-13)20-8-11(22)15(21)23/h1-8,14,20,22H,9H2. The second-order valence-electron chi connectivity index (χ2n) is 5.20. The van der Waals surface area contributed by atoms with E-state index in [-0.39, 0.29) is 17.9 Å². The number of carbonyl (C=O) groups is 1. The summed E-state index contributed by atoms with van der Waals surface area (Å²) >= 11 is 1.38. The summed E-state index contributed by atoms with van der Waals surface area (Å²) in [4.78, 5) is 14.4. The Morgan fingerprint density at radius 3 is 2.68 bits per heavy atom. The third kappa shape index (κ3) is 3.87. The van der Waals surface area contributed by atoms with Gasteiger partial charge in [0.2, 0.25) is 0 Å². The molecule has 0 saturated heterocycles. The summed E-state index contributed by atoms with van der Waals surface area (Å²) in [6.07, 6.45) is -4.25. The fraction of sp³-hybridized carbons (Fsp3) is 0.188. The Balaban J connectivity index is 1.92. The predicted molar refractivity (Wildman–Crippen MR) is 84.6 cm³/mol. The number of alkyl halides is 3. The van der Waals surface area contributed by atoms with Gasteiger partial charge in [-0.25, -0.2) is 0 Å². The lowest BCUT2D eigenvalue weighted by molar-refractivity contribution is -0.275. The molecule has 1 aromatic carbocycles. The van der Waals surface area contributed by atoms with Crippen molar-refractivity contribution in [3.63, 3.8) is 0 Å². The normalized spacial score (nSPS) is 17.9. The number of carbonyl (C=O) groups excluding carboxylic acids is 1. The predicted octanol–water partition coefficient (Wildman–Crippen LogP) is 3.68. The van der Waals surface area contributed by atoms with Crippen LogP contribution in [0.25, 0.3) is 0 Å². The average Bonchev–Trinajstić information content (AvgIpc) is 3.06. The Morgan fingerprint density at radius 2 is 2.00 bits per heavy atom. The lowest BCUT2D eigenvalue weighted by Gasteiger charge is -2.34. The van der Waals surface area contributed by atoms with Gasteiger partial charge in [0.05, 0.1) is 6.54 Å². The van der Waals surface area contributed by atoms with E-state index in [2.05, 4.69) is 10.1 Å². The summed E-state index contributed by atoms with van der Waals surface area (Å²) in [5, 5.41) is 14.4. The molecular weight excluding hydrogens is 357 g/mol. The zero-order valence-electron chi connectivity index (χ0n) is 12.7. The van der Waals surface area contributed by atoms with Crippen molar-refractivity contribution in [1.29, 1.82) is 0 Å². The van der Waals surface area contributed by atoms with E-state index >= 15 is 0 Å². The number of hydrogen-bond acceptors (Lipinski definition) is 5. The Morgan fingerprint density at radius 1 is 1.24 bits per heavy atom. The monoisotopic (exact) mass is 370 g/mol. The van der Waals surface area contributed by atoms with E-state index < -0.39 is 24.2 Å². The van der Waals surface area contributed by atoms with Crippen LogP contribution in [0.15, 0.2) is 53.7 Å². The lowest BCUT2D eigenvalue weighted by Crippen LogP contribution is -2.44. The fourth-order valence-electron chi connectivity index (χ4n) is 2.46. The number of rotatable bonds is 4. The molecule has 9 heteroatoms. The maximum absolute atomic E-state index is 12.6. The van der Waals surface area contributed by atoms with E-state index in [9.17, 15) is 23.1 Å². The molecule has 0 fully saturated rings. The maximum atomic E-state index is 12.6. The smallest absolute Gasteiger partial charge is 0.502 e. The van der Waals surface area contributed by atoms with Crippen LogP contribution >= 0.6 is 11.3 Å². The van der Waals surface area contributed by atoms with Gasteiger partial charge in [0, 0.05) is 16.6 Å². The minimum absolute atomic E-state index is 0.168. The molecule has 1 atom stereocenters. The second-order valence-corrected chi connectivity index (χ2v) is 6.18. The summed E-state index contributed by atoms with van der Waals surface area (Å²) in [5.74, 6) is -1.58. The van der Waals surface area contributed by atoms with Crippen molar-refractivity contribution in [2.75, 3.05) is 0 Å². The quantitative estimate of drug-likeness (QED) is 0.862. The number of hydrogen-bond donors (Lipinski definition) is 2. The highest BCUT2D eigenvalue weighted by Crippen LogP contribution is 2.32. The van der Waals surface area contributed by atoms with Gasteiger partial charge in [-0.3, -0.25) is 4.79 Å². The topological polar surface area (TPSA) is 61.8 Å². The van der Waals surface area contributed by atoms with Gasteiger partial charge in [-0.05, 0) is 17.5 Å². The van der Waals surface area contributed by atoms with Gasteiger partial charge in [-0.15, -0.1) is 24.5 Å². The summed E-state index contributed by atoms with van der Waals surface area (Å²) in [6.45, 7) is -0.168. The number of ether oxygens (including phenoxy) is 1. The first kappa shape index (κ1) is 17.2. The Kier molecular flexibility index (Phi) is 4.58. The van der Waals surface area contributed by atoms with E-state index in [1.54, 1.807) is 18.2 Å². The summed E-state index contributed by atoms with van der Waals surface area (Å²) in [5.41, 5.74) is 0.172. The van der Waals surface area contributed by atoms with Gasteiger partial charge in [-0.2, -0.15) is 0 Å². The molecule has 2 heterocycles. The largest absolute Gasteiger partial charge is 0.573 e. The molecule has 0 radical (unpaired) electrons. The van der Waals surface area contributed by atoms with Crippen LogP contribution in [0.4, 0.5) is 13.2 Å². The molecule has 0 saturated carbocycles. The molecule has 5 nitrogen and oxygen atoms in total. The third-order valence-electron chi connectivity index (χ3n) is 3.52. The number of benzene rings is 1. The SMILES string of the molecule is O=C1C(O)=CNC(c2cccs2)N1Cc1ccccc1OC(F)(F)F. The Bertz CT molecular complexity index is 790. The zero-order valence-corrected chi connectivity index (χ0v) is 13.5. The van der Waals surface area contributed by atoms with Gasteiger partial charge in [0.25, 0.3) is 5.91 Å². The van der Waals surface area contributed by atoms with Crippen LogP contribution in [0, 0.1) is 0 Å². The van der Waals surface area contributed by atoms with Crippen LogP contribution in [-0.2, 0) is 11.3 Å². The number of halogens is 3. The van der Waals surface area contributed by atoms with Crippen molar-refractivity contribution in [2.24, 2.45) is 0 Å². The van der Waals surface area contributed by atoms with E-state index in [0.29, 0.717) is 0 Å². The zero-order chi connectivity index (χ0) is 18.0. The van der Waals surface area contributed by atoms with Gasteiger partial charge in [0.15, 0.2) is 5.76 Å². The average molecular weight is 370 g/mol. The molecule has 2 N–H and O–H groups in total. The summed E-state index contributed by atoms with van der Waals surface area (Å²) in [7, 11) is 0. The van der Waals surface area contributed by atoms with Crippen LogP contribution in [-0.4, -0.2) is 22.3 Å². The van der Waals surface area contributed by atoms with Crippen LogP contribution in [0.2, 0.25) is 0 Å². The molecule has 1 aromatic heterocycles. The summed E-state index contributed by atoms with van der Waals surface area (Å²) in [6, 6.07) is 9.17. The fourth-order valence-corrected chi connectivity index (χ4v) is 3.26. The van der Waals surface area contributed by atoms with Crippen molar-refractivity contribution in [3.05, 3.63) is 64.2 Å². The van der Waals surface area contributed by atoms with Crippen molar-refractivity contribution in [1.82, 2.24) is 10.2 Å². The highest BCUT2D eigenvalue weighted by molar-refractivity contribution is 7.10. The van der Waals surface area contributed by atoms with E-state index in [0.717, 1.165) is 4.88 Å². The van der Waals surface area contributed by atoms with Crippen LogP contribution < -0.4 is 10.1 Å². The molecule has 0 spiro atoms. The first-order valence-corrected chi connectivity index (χ1v) is 8.06. The highest BCUT2D eigenvalue weighted by Gasteiger charge is 2.35. The number of aliphatic hydroxyl groups is 1. The molecule has 0 bridgehead atoms. The van der Waals surface area contributed by atoms with Crippen molar-refractivity contribution in [2.45, 2.75) is 19.1 Å². The first-order chi connectivity index (χ1) is 11.8. The van der Waals surface area contributed by atoms with Crippen LogP contribution in [0.5, 0.6) is 5.75 Å². The maximum Gasteiger partial charge on any atom is 0.573 e. The number of nitrogens with zero attached hydrogens (tertiary/aromatic N) is 1. The molecule has 1 unspecified atom stereocenters. The van der Waals surface area contributed by atoms with Crippen LogP contribution in [0.1, 0.15) is 16.6 Å². The number of thiophene rings is 1. The molecule has 1 aliphatic heterocycles.